The van der Waals surface area contributed by atoms with Gasteiger partial charge in [-0.2, -0.15) is 0 Å². The fraction of sp³-hybridized carbons (Fsp3) is 0.130. The normalized spacial score (nSPS) is 12.2. The molecule has 1 aliphatic rings. The van der Waals surface area contributed by atoms with Gasteiger partial charge in [-0.15, -0.1) is 0 Å². The van der Waals surface area contributed by atoms with E-state index in [-0.39, 0.29) is 12.5 Å². The molecular formula is C23H19O4. The van der Waals surface area contributed by atoms with E-state index in [4.69, 9.17) is 14.2 Å². The number of rotatable bonds is 4. The number of methoxy groups -OCH3 is 1. The zero-order valence-electron chi connectivity index (χ0n) is 15.0. The van der Waals surface area contributed by atoms with Crippen molar-refractivity contribution >= 4 is 6.16 Å². The molecule has 0 bridgehead atoms. The van der Waals surface area contributed by atoms with Gasteiger partial charge >= 0.3 is 6.16 Å². The average Bonchev–Trinajstić information content (AvgIpc) is 3.02. The second-order valence-electron chi connectivity index (χ2n) is 6.36. The Kier molecular flexibility index (Phi) is 4.55. The third-order valence-corrected chi connectivity index (χ3v) is 4.80. The van der Waals surface area contributed by atoms with E-state index in [9.17, 15) is 4.79 Å². The minimum absolute atomic E-state index is 0.00511. The van der Waals surface area contributed by atoms with Crippen LogP contribution in [0.25, 0.3) is 11.1 Å². The Morgan fingerprint density at radius 2 is 1.59 bits per heavy atom. The summed E-state index contributed by atoms with van der Waals surface area (Å²) >= 11 is 0. The summed E-state index contributed by atoms with van der Waals surface area (Å²) in [6.07, 6.45) is -0.755. The van der Waals surface area contributed by atoms with Crippen molar-refractivity contribution in [3.05, 3.63) is 90.3 Å². The van der Waals surface area contributed by atoms with E-state index in [1.54, 1.807) is 25.3 Å². The maximum Gasteiger partial charge on any atom is 0.513 e. The molecule has 0 aliphatic heterocycles. The lowest BCUT2D eigenvalue weighted by molar-refractivity contribution is 0.0962. The molecule has 0 amide bonds. The first-order chi connectivity index (χ1) is 13.2. The molecule has 0 saturated carbocycles. The minimum atomic E-state index is -0.755. The highest BCUT2D eigenvalue weighted by Gasteiger charge is 2.29. The van der Waals surface area contributed by atoms with Gasteiger partial charge < -0.3 is 14.2 Å². The van der Waals surface area contributed by atoms with Crippen molar-refractivity contribution in [2.24, 2.45) is 0 Å². The molecule has 0 unspecified atom stereocenters. The Bertz CT molecular complexity index is 948. The number of fused-ring (bicyclic) bond motifs is 3. The standard InChI is InChI=1S/C23H19O4/c1-15-11-12-16(25-2)13-22(15)27-23(24)26-14-21-19-9-5-3-7-17(19)18-8-4-6-10-20(18)21/h3-13,21H,1,14H2,2H3. The van der Waals surface area contributed by atoms with E-state index < -0.39 is 6.16 Å². The van der Waals surface area contributed by atoms with Crippen molar-refractivity contribution in [3.8, 4) is 22.6 Å². The van der Waals surface area contributed by atoms with Crippen LogP contribution in [0.1, 0.15) is 22.6 Å². The average molecular weight is 359 g/mol. The lowest BCUT2D eigenvalue weighted by Gasteiger charge is -2.14. The fourth-order valence-corrected chi connectivity index (χ4v) is 3.47. The van der Waals surface area contributed by atoms with Crippen LogP contribution in [0, 0.1) is 6.92 Å². The van der Waals surface area contributed by atoms with Crippen molar-refractivity contribution in [2.45, 2.75) is 5.92 Å². The van der Waals surface area contributed by atoms with Gasteiger partial charge in [0.05, 0.1) is 7.11 Å². The van der Waals surface area contributed by atoms with Crippen LogP contribution in [0.5, 0.6) is 11.5 Å². The summed E-state index contributed by atoms with van der Waals surface area (Å²) in [6, 6.07) is 21.5. The molecule has 1 radical (unpaired) electrons. The Balaban J connectivity index is 1.50. The van der Waals surface area contributed by atoms with Crippen LogP contribution in [0.4, 0.5) is 4.79 Å². The molecule has 135 valence electrons. The summed E-state index contributed by atoms with van der Waals surface area (Å²) in [5, 5.41) is 0. The van der Waals surface area contributed by atoms with Crippen molar-refractivity contribution in [3.63, 3.8) is 0 Å². The van der Waals surface area contributed by atoms with Gasteiger partial charge in [-0.25, -0.2) is 4.79 Å². The van der Waals surface area contributed by atoms with Crippen molar-refractivity contribution < 1.29 is 19.0 Å². The number of ether oxygens (including phenoxy) is 3. The van der Waals surface area contributed by atoms with E-state index in [0.29, 0.717) is 17.1 Å². The molecule has 0 saturated heterocycles. The summed E-state index contributed by atoms with van der Waals surface area (Å²) in [6.45, 7) is 4.07. The van der Waals surface area contributed by atoms with E-state index in [2.05, 4.69) is 31.2 Å². The van der Waals surface area contributed by atoms with E-state index >= 15 is 0 Å². The molecule has 1 aliphatic carbocycles. The molecule has 0 fully saturated rings. The second kappa shape index (κ2) is 7.16. The third-order valence-electron chi connectivity index (χ3n) is 4.80. The highest BCUT2D eigenvalue weighted by molar-refractivity contribution is 5.79. The van der Waals surface area contributed by atoms with Gasteiger partial charge in [0.1, 0.15) is 18.1 Å². The molecule has 0 heterocycles. The van der Waals surface area contributed by atoms with E-state index in [1.165, 1.54) is 11.1 Å². The molecule has 4 nitrogen and oxygen atoms in total. The van der Waals surface area contributed by atoms with Crippen molar-refractivity contribution in [1.29, 1.82) is 0 Å². The Hall–Kier alpha value is -3.27. The molecule has 4 heteroatoms. The molecule has 3 aromatic rings. The maximum absolute atomic E-state index is 12.2. The van der Waals surface area contributed by atoms with Crippen LogP contribution in [0.15, 0.2) is 66.7 Å². The first-order valence-corrected chi connectivity index (χ1v) is 8.70. The van der Waals surface area contributed by atoms with Gasteiger partial charge in [0, 0.05) is 12.0 Å². The number of benzene rings is 3. The molecular weight excluding hydrogens is 340 g/mol. The van der Waals surface area contributed by atoms with E-state index in [0.717, 1.165) is 11.1 Å². The van der Waals surface area contributed by atoms with Gasteiger partial charge in [-0.05, 0) is 40.8 Å². The summed E-state index contributed by atoms with van der Waals surface area (Å²) in [5.41, 5.74) is 5.27. The summed E-state index contributed by atoms with van der Waals surface area (Å²) in [7, 11) is 1.55. The predicted molar refractivity (Wildman–Crippen MR) is 103 cm³/mol. The van der Waals surface area contributed by atoms with Crippen molar-refractivity contribution in [1.82, 2.24) is 0 Å². The number of hydrogen-bond donors (Lipinski definition) is 0. The molecule has 0 N–H and O–H groups in total. The predicted octanol–water partition coefficient (Wildman–Crippen LogP) is 5.21. The van der Waals surface area contributed by atoms with Crippen LogP contribution in [0.3, 0.4) is 0 Å². The third kappa shape index (κ3) is 3.26. The Morgan fingerprint density at radius 3 is 2.22 bits per heavy atom. The number of hydrogen-bond acceptors (Lipinski definition) is 4. The van der Waals surface area contributed by atoms with Crippen molar-refractivity contribution in [2.75, 3.05) is 13.7 Å². The van der Waals surface area contributed by atoms with Gasteiger partial charge in [0.2, 0.25) is 0 Å². The monoisotopic (exact) mass is 359 g/mol. The fourth-order valence-electron chi connectivity index (χ4n) is 3.47. The lowest BCUT2D eigenvalue weighted by Crippen LogP contribution is -2.16. The molecule has 3 aromatic carbocycles. The smallest absolute Gasteiger partial charge is 0.497 e. The molecule has 4 rings (SSSR count). The Morgan fingerprint density at radius 1 is 0.963 bits per heavy atom. The largest absolute Gasteiger partial charge is 0.513 e. The van der Waals surface area contributed by atoms with Crippen LogP contribution < -0.4 is 9.47 Å². The zero-order valence-corrected chi connectivity index (χ0v) is 15.0. The summed E-state index contributed by atoms with van der Waals surface area (Å²) in [4.78, 5) is 12.2. The minimum Gasteiger partial charge on any atom is -0.497 e. The molecule has 0 atom stereocenters. The molecule has 27 heavy (non-hydrogen) atoms. The van der Waals surface area contributed by atoms with Crippen LogP contribution in [-0.2, 0) is 4.74 Å². The van der Waals surface area contributed by atoms with Crippen LogP contribution >= 0.6 is 0 Å². The highest BCUT2D eigenvalue weighted by Crippen LogP contribution is 2.44. The first kappa shape index (κ1) is 17.2. The van der Waals surface area contributed by atoms with Gasteiger partial charge in [0.15, 0.2) is 0 Å². The molecule has 0 aromatic heterocycles. The van der Waals surface area contributed by atoms with Crippen LogP contribution in [0.2, 0.25) is 0 Å². The van der Waals surface area contributed by atoms with Gasteiger partial charge in [-0.1, -0.05) is 54.6 Å². The number of carbonyl (C=O) groups is 1. The summed E-state index contributed by atoms with van der Waals surface area (Å²) < 4.78 is 15.9. The highest BCUT2D eigenvalue weighted by atomic mass is 16.7. The quantitative estimate of drug-likeness (QED) is 0.474. The second-order valence-corrected chi connectivity index (χ2v) is 6.36. The molecule has 0 spiro atoms. The zero-order chi connectivity index (χ0) is 18.8. The first-order valence-electron chi connectivity index (χ1n) is 8.70. The number of carbonyl (C=O) groups excluding carboxylic acids is 1. The van der Waals surface area contributed by atoms with E-state index in [1.807, 2.05) is 24.3 Å². The lowest BCUT2D eigenvalue weighted by atomic mass is 9.98. The van der Waals surface area contributed by atoms with Gasteiger partial charge in [-0.3, -0.25) is 0 Å². The maximum atomic E-state index is 12.2. The van der Waals surface area contributed by atoms with Crippen LogP contribution in [-0.4, -0.2) is 19.9 Å². The topological polar surface area (TPSA) is 44.8 Å². The Labute approximate surface area is 158 Å². The summed E-state index contributed by atoms with van der Waals surface area (Å²) in [5.74, 6) is 0.907. The van der Waals surface area contributed by atoms with Gasteiger partial charge in [0.25, 0.3) is 0 Å². The SMILES string of the molecule is [CH2]c1ccc(OC)cc1OC(=O)OCC1c2ccccc2-c2ccccc21.